The number of rotatable bonds is 6. The molecule has 0 radical (unpaired) electrons. The van der Waals surface area contributed by atoms with E-state index in [-0.39, 0.29) is 16.9 Å². The summed E-state index contributed by atoms with van der Waals surface area (Å²) in [5.41, 5.74) is 0.0602. The molecule has 0 aliphatic carbocycles. The molecule has 0 atom stereocenters. The van der Waals surface area contributed by atoms with Crippen molar-refractivity contribution in [3.8, 4) is 10.9 Å². The van der Waals surface area contributed by atoms with Gasteiger partial charge in [0.25, 0.3) is 17.3 Å². The number of thiazole rings is 1. The third-order valence-corrected chi connectivity index (χ3v) is 5.85. The Hall–Kier alpha value is -4.39. The van der Waals surface area contributed by atoms with Crippen LogP contribution in [-0.4, -0.2) is 37.6 Å². The Morgan fingerprint density at radius 2 is 1.88 bits per heavy atom. The van der Waals surface area contributed by atoms with E-state index in [1.54, 1.807) is 32.2 Å². The van der Waals surface area contributed by atoms with Crippen LogP contribution in [0.1, 0.15) is 21.6 Å². The highest BCUT2D eigenvalue weighted by Crippen LogP contribution is 2.31. The van der Waals surface area contributed by atoms with Crippen molar-refractivity contribution in [1.29, 1.82) is 0 Å². The smallest absolute Gasteiger partial charge is 0.279 e. The number of nitrogens with zero attached hydrogens (tertiary/aromatic N) is 5. The van der Waals surface area contributed by atoms with Gasteiger partial charge >= 0.3 is 0 Å². The Bertz CT molecular complexity index is 1440. The van der Waals surface area contributed by atoms with Crippen LogP contribution < -0.4 is 10.1 Å². The second kappa shape index (κ2) is 8.27. The van der Waals surface area contributed by atoms with Crippen LogP contribution in [0.3, 0.4) is 0 Å². The summed E-state index contributed by atoms with van der Waals surface area (Å²) in [6, 6.07) is 8.85. The number of amides is 1. The first-order chi connectivity index (χ1) is 15.7. The molecule has 1 amide bonds. The fraction of sp³-hybridized carbons (Fsp3) is 0.150. The number of nitrogens with one attached hydrogen (secondary N) is 1. The second-order valence-corrected chi connectivity index (χ2v) is 8.03. The molecule has 0 aliphatic rings. The van der Waals surface area contributed by atoms with Gasteiger partial charge in [-0.05, 0) is 32.0 Å². The average molecular weight is 468 g/mol. The molecule has 0 bridgehead atoms. The number of methoxy groups -OCH3 is 1. The normalized spacial score (nSPS) is 10.9. The number of ether oxygens (including phenoxy) is 1. The largest absolute Gasteiger partial charge is 0.497 e. The summed E-state index contributed by atoms with van der Waals surface area (Å²) >= 11 is 1.33. The van der Waals surface area contributed by atoms with E-state index in [0.29, 0.717) is 22.1 Å². The molecule has 2 heterocycles. The quantitative estimate of drug-likeness (QED) is 0.326. The molecule has 0 spiro atoms. The van der Waals surface area contributed by atoms with E-state index in [1.807, 2.05) is 6.07 Å². The SMILES string of the molecule is COc1ccc2nc(-n3nc(C)cc3NC(=O)c3cc([N+](=O)[O-])cc([N+](=O)[O-])c3C)sc2c1. The minimum absolute atomic E-state index is 0.0120. The zero-order valence-electron chi connectivity index (χ0n) is 17.6. The van der Waals surface area contributed by atoms with E-state index in [0.717, 1.165) is 16.8 Å². The maximum atomic E-state index is 13.0. The lowest BCUT2D eigenvalue weighted by atomic mass is 10.0. The van der Waals surface area contributed by atoms with Crippen LogP contribution in [0.25, 0.3) is 15.3 Å². The summed E-state index contributed by atoms with van der Waals surface area (Å²) in [5.74, 6) is 0.186. The number of hydrogen-bond donors (Lipinski definition) is 1. The molecule has 0 fully saturated rings. The van der Waals surface area contributed by atoms with Gasteiger partial charge < -0.3 is 10.1 Å². The summed E-state index contributed by atoms with van der Waals surface area (Å²) in [7, 11) is 1.56. The van der Waals surface area contributed by atoms with Gasteiger partial charge in [-0.15, -0.1) is 0 Å². The van der Waals surface area contributed by atoms with Gasteiger partial charge in [0.15, 0.2) is 0 Å². The van der Waals surface area contributed by atoms with Crippen LogP contribution in [0, 0.1) is 34.1 Å². The van der Waals surface area contributed by atoms with E-state index < -0.39 is 27.1 Å². The summed E-state index contributed by atoms with van der Waals surface area (Å²) in [6.45, 7) is 3.09. The molecule has 33 heavy (non-hydrogen) atoms. The van der Waals surface area contributed by atoms with Crippen LogP contribution in [0.15, 0.2) is 36.4 Å². The van der Waals surface area contributed by atoms with Gasteiger partial charge in [-0.2, -0.15) is 9.78 Å². The summed E-state index contributed by atoms with van der Waals surface area (Å²) in [6.07, 6.45) is 0. The lowest BCUT2D eigenvalue weighted by Gasteiger charge is -2.09. The van der Waals surface area contributed by atoms with Crippen molar-refractivity contribution in [2.45, 2.75) is 13.8 Å². The number of benzene rings is 2. The Morgan fingerprint density at radius 1 is 1.12 bits per heavy atom. The van der Waals surface area contributed by atoms with E-state index >= 15 is 0 Å². The van der Waals surface area contributed by atoms with E-state index in [2.05, 4.69) is 15.4 Å². The van der Waals surface area contributed by atoms with Gasteiger partial charge in [0.2, 0.25) is 5.13 Å². The zero-order valence-corrected chi connectivity index (χ0v) is 18.4. The number of hydrogen-bond acceptors (Lipinski definition) is 9. The number of aryl methyl sites for hydroxylation is 1. The van der Waals surface area contributed by atoms with Crippen molar-refractivity contribution < 1.29 is 19.4 Å². The van der Waals surface area contributed by atoms with E-state index in [4.69, 9.17) is 4.74 Å². The molecule has 0 aliphatic heterocycles. The van der Waals surface area contributed by atoms with Crippen LogP contribution in [-0.2, 0) is 0 Å². The minimum atomic E-state index is -0.785. The first-order valence-electron chi connectivity index (χ1n) is 9.44. The standard InChI is InChI=1S/C20H16N6O6S/c1-10-6-18(24(23-10)20-21-15-5-4-13(32-3)9-17(15)33-20)22-19(27)14-7-12(25(28)29)8-16(11(14)2)26(30)31/h4-9H,1-3H3,(H,22,27). The minimum Gasteiger partial charge on any atom is -0.497 e. The monoisotopic (exact) mass is 468 g/mol. The molecule has 12 nitrogen and oxygen atoms in total. The van der Waals surface area contributed by atoms with Crippen LogP contribution in [0.5, 0.6) is 5.75 Å². The van der Waals surface area contributed by atoms with Crippen molar-refractivity contribution in [3.63, 3.8) is 0 Å². The molecule has 0 unspecified atom stereocenters. The molecule has 4 aromatic rings. The third kappa shape index (κ3) is 4.08. The zero-order chi connectivity index (χ0) is 23.9. The molecule has 13 heteroatoms. The fourth-order valence-corrected chi connectivity index (χ4v) is 4.20. The van der Waals surface area contributed by atoms with Crippen LogP contribution >= 0.6 is 11.3 Å². The first-order valence-corrected chi connectivity index (χ1v) is 10.3. The third-order valence-electron chi connectivity index (χ3n) is 4.86. The Morgan fingerprint density at radius 3 is 2.55 bits per heavy atom. The lowest BCUT2D eigenvalue weighted by molar-refractivity contribution is -0.394. The highest BCUT2D eigenvalue weighted by Gasteiger charge is 2.25. The van der Waals surface area contributed by atoms with Crippen molar-refractivity contribution in [2.24, 2.45) is 0 Å². The number of fused-ring (bicyclic) bond motifs is 1. The summed E-state index contributed by atoms with van der Waals surface area (Å²) in [4.78, 5) is 38.5. The van der Waals surface area contributed by atoms with Gasteiger partial charge in [-0.1, -0.05) is 11.3 Å². The average Bonchev–Trinajstić information content (AvgIpc) is 3.35. The summed E-state index contributed by atoms with van der Waals surface area (Å²) in [5, 5.41) is 30.0. The Kier molecular flexibility index (Phi) is 5.47. The van der Waals surface area contributed by atoms with Gasteiger partial charge in [0.1, 0.15) is 11.6 Å². The van der Waals surface area contributed by atoms with E-state index in [9.17, 15) is 25.0 Å². The maximum Gasteiger partial charge on any atom is 0.279 e. The lowest BCUT2D eigenvalue weighted by Crippen LogP contribution is -2.17. The molecule has 2 aromatic carbocycles. The molecule has 2 aromatic heterocycles. The number of aromatic nitrogens is 3. The topological polar surface area (TPSA) is 155 Å². The number of non-ortho nitro benzene ring substituents is 1. The molecule has 0 saturated heterocycles. The van der Waals surface area contributed by atoms with Crippen LogP contribution in [0.2, 0.25) is 0 Å². The highest BCUT2D eigenvalue weighted by atomic mass is 32.1. The molecule has 4 rings (SSSR count). The number of carbonyl (C=O) groups is 1. The van der Waals surface area contributed by atoms with Gasteiger partial charge in [0, 0.05) is 17.7 Å². The number of nitro groups is 2. The highest BCUT2D eigenvalue weighted by molar-refractivity contribution is 7.20. The Labute approximate surface area is 189 Å². The number of carbonyl (C=O) groups excluding carboxylic acids is 1. The van der Waals surface area contributed by atoms with E-state index in [1.165, 1.54) is 22.9 Å². The van der Waals surface area contributed by atoms with Crippen molar-refractivity contribution in [1.82, 2.24) is 14.8 Å². The molecular formula is C20H16N6O6S. The molecule has 168 valence electrons. The summed E-state index contributed by atoms with van der Waals surface area (Å²) < 4.78 is 7.52. The Balaban J connectivity index is 1.74. The van der Waals surface area contributed by atoms with Crippen molar-refractivity contribution >= 4 is 44.7 Å². The second-order valence-electron chi connectivity index (χ2n) is 7.02. The fourth-order valence-electron chi connectivity index (χ4n) is 3.24. The maximum absolute atomic E-state index is 13.0. The van der Waals surface area contributed by atoms with Crippen molar-refractivity contribution in [2.75, 3.05) is 12.4 Å². The first kappa shape index (κ1) is 21.8. The number of anilines is 1. The van der Waals surface area contributed by atoms with Gasteiger partial charge in [-0.25, -0.2) is 4.98 Å². The van der Waals surface area contributed by atoms with Gasteiger partial charge in [0.05, 0.1) is 44.5 Å². The predicted octanol–water partition coefficient (Wildman–Crippen LogP) is 4.18. The molecular weight excluding hydrogens is 452 g/mol. The molecule has 1 N–H and O–H groups in total. The predicted molar refractivity (Wildman–Crippen MR) is 120 cm³/mol. The number of nitro benzene ring substituents is 2. The molecule has 0 saturated carbocycles. The van der Waals surface area contributed by atoms with Crippen molar-refractivity contribution in [3.05, 3.63) is 73.4 Å². The van der Waals surface area contributed by atoms with Crippen LogP contribution in [0.4, 0.5) is 17.2 Å². The van der Waals surface area contributed by atoms with Gasteiger partial charge in [-0.3, -0.25) is 25.0 Å².